The van der Waals surface area contributed by atoms with Crippen molar-refractivity contribution < 1.29 is 0 Å². The van der Waals surface area contributed by atoms with Crippen LogP contribution in [0.25, 0.3) is 0 Å². The molecule has 1 unspecified atom stereocenters. The molecular weight excluding hydrogens is 166 g/mol. The van der Waals surface area contributed by atoms with Crippen LogP contribution in [0, 0.1) is 0 Å². The second kappa shape index (κ2) is 3.19. The number of rotatable bonds is 2. The quantitative estimate of drug-likeness (QED) is 0.743. The lowest BCUT2D eigenvalue weighted by Gasteiger charge is -2.04. The maximum Gasteiger partial charge on any atom is 0.00801 e. The Morgan fingerprint density at radius 3 is 3.17 bits per heavy atom. The van der Waals surface area contributed by atoms with Gasteiger partial charge in [-0.15, -0.1) is 11.3 Å². The lowest BCUT2D eigenvalue weighted by Crippen LogP contribution is -2.17. The Labute approximate surface area is 77.6 Å². The monoisotopic (exact) mass is 181 g/mol. The Hall–Kier alpha value is -0.340. The van der Waals surface area contributed by atoms with Crippen molar-refractivity contribution in [3.63, 3.8) is 0 Å². The van der Waals surface area contributed by atoms with Gasteiger partial charge in [0.1, 0.15) is 0 Å². The number of fused-ring (bicyclic) bond motifs is 1. The number of hydrogen-bond acceptors (Lipinski definition) is 2. The summed E-state index contributed by atoms with van der Waals surface area (Å²) in [6.45, 7) is 2.08. The Kier molecular flexibility index (Phi) is 2.20. The van der Waals surface area contributed by atoms with Gasteiger partial charge in [0.2, 0.25) is 0 Å². The normalized spacial score (nSPS) is 17.8. The van der Waals surface area contributed by atoms with Crippen LogP contribution in [0.15, 0.2) is 5.38 Å². The summed E-state index contributed by atoms with van der Waals surface area (Å²) in [6.07, 6.45) is 5.01. The fourth-order valence-corrected chi connectivity index (χ4v) is 3.08. The molecular formula is C10H15NS. The second-order valence-corrected chi connectivity index (χ2v) is 4.66. The SMILES string of the molecule is CC(N)Cc1csc2c1CCC2. The molecule has 1 aromatic heterocycles. The summed E-state index contributed by atoms with van der Waals surface area (Å²) in [4.78, 5) is 1.62. The molecule has 66 valence electrons. The third kappa shape index (κ3) is 1.41. The molecule has 0 fully saturated rings. The molecule has 0 spiro atoms. The topological polar surface area (TPSA) is 26.0 Å². The molecule has 0 amide bonds. The summed E-state index contributed by atoms with van der Waals surface area (Å²) in [7, 11) is 0. The fourth-order valence-electron chi connectivity index (χ4n) is 1.92. The standard InChI is InChI=1S/C10H15NS/c1-7(11)5-8-6-12-10-4-2-3-9(8)10/h6-7H,2-5,11H2,1H3. The molecule has 2 heteroatoms. The first kappa shape index (κ1) is 8.27. The third-order valence-corrected chi connectivity index (χ3v) is 3.58. The fraction of sp³-hybridized carbons (Fsp3) is 0.600. The summed E-state index contributed by atoms with van der Waals surface area (Å²) in [5.74, 6) is 0. The van der Waals surface area contributed by atoms with Crippen LogP contribution in [0.5, 0.6) is 0 Å². The van der Waals surface area contributed by atoms with Crippen LogP contribution in [-0.2, 0) is 19.3 Å². The van der Waals surface area contributed by atoms with E-state index in [9.17, 15) is 0 Å². The highest BCUT2D eigenvalue weighted by Crippen LogP contribution is 2.31. The average molecular weight is 181 g/mol. The molecule has 0 saturated heterocycles. The van der Waals surface area contributed by atoms with Gasteiger partial charge in [-0.1, -0.05) is 0 Å². The summed E-state index contributed by atoms with van der Waals surface area (Å²) >= 11 is 1.93. The van der Waals surface area contributed by atoms with E-state index in [1.54, 1.807) is 10.4 Å². The first-order valence-corrected chi connectivity index (χ1v) is 5.49. The van der Waals surface area contributed by atoms with Crippen LogP contribution in [-0.4, -0.2) is 6.04 Å². The van der Waals surface area contributed by atoms with Crippen LogP contribution >= 0.6 is 11.3 Å². The number of nitrogens with two attached hydrogens (primary N) is 1. The third-order valence-electron chi connectivity index (χ3n) is 2.44. The van der Waals surface area contributed by atoms with E-state index >= 15 is 0 Å². The van der Waals surface area contributed by atoms with Crippen LogP contribution in [0.1, 0.15) is 29.3 Å². The first-order chi connectivity index (χ1) is 5.77. The van der Waals surface area contributed by atoms with Crippen molar-refractivity contribution in [2.45, 2.75) is 38.6 Å². The zero-order chi connectivity index (χ0) is 8.55. The van der Waals surface area contributed by atoms with Gasteiger partial charge >= 0.3 is 0 Å². The van der Waals surface area contributed by atoms with Gasteiger partial charge in [-0.3, -0.25) is 0 Å². The van der Waals surface area contributed by atoms with Gasteiger partial charge in [-0.05, 0) is 49.1 Å². The highest BCUT2D eigenvalue weighted by atomic mass is 32.1. The minimum Gasteiger partial charge on any atom is -0.328 e. The van der Waals surface area contributed by atoms with Crippen LogP contribution in [0.2, 0.25) is 0 Å². The largest absolute Gasteiger partial charge is 0.328 e. The number of aryl methyl sites for hydroxylation is 1. The number of hydrogen-bond donors (Lipinski definition) is 1. The van der Waals surface area contributed by atoms with Gasteiger partial charge in [0.15, 0.2) is 0 Å². The molecule has 0 aliphatic heterocycles. The Balaban J connectivity index is 2.22. The lowest BCUT2D eigenvalue weighted by molar-refractivity contribution is 0.733. The van der Waals surface area contributed by atoms with Crippen molar-refractivity contribution >= 4 is 11.3 Å². The molecule has 2 N–H and O–H groups in total. The second-order valence-electron chi connectivity index (χ2n) is 3.70. The average Bonchev–Trinajstić information content (AvgIpc) is 2.52. The van der Waals surface area contributed by atoms with Crippen LogP contribution in [0.4, 0.5) is 0 Å². The predicted molar refractivity (Wildman–Crippen MR) is 53.7 cm³/mol. The van der Waals surface area contributed by atoms with Gasteiger partial charge in [0, 0.05) is 10.9 Å². The first-order valence-electron chi connectivity index (χ1n) is 4.61. The highest BCUT2D eigenvalue weighted by Gasteiger charge is 2.17. The summed E-state index contributed by atoms with van der Waals surface area (Å²) in [5, 5.41) is 2.30. The molecule has 1 heterocycles. The predicted octanol–water partition coefficient (Wildman–Crippen LogP) is 2.13. The van der Waals surface area contributed by atoms with E-state index in [4.69, 9.17) is 5.73 Å². The van der Waals surface area contributed by atoms with Gasteiger partial charge in [-0.25, -0.2) is 0 Å². The Morgan fingerprint density at radius 1 is 1.58 bits per heavy atom. The molecule has 1 aromatic rings. The van der Waals surface area contributed by atoms with Crippen molar-refractivity contribution in [1.82, 2.24) is 0 Å². The summed E-state index contributed by atoms with van der Waals surface area (Å²) in [5.41, 5.74) is 8.92. The van der Waals surface area contributed by atoms with Crippen molar-refractivity contribution in [1.29, 1.82) is 0 Å². The Bertz CT molecular complexity index is 275. The molecule has 1 aliphatic rings. The molecule has 1 aliphatic carbocycles. The lowest BCUT2D eigenvalue weighted by atomic mass is 10.1. The van der Waals surface area contributed by atoms with E-state index in [1.165, 1.54) is 24.8 Å². The highest BCUT2D eigenvalue weighted by molar-refractivity contribution is 7.10. The number of thiophene rings is 1. The Morgan fingerprint density at radius 2 is 2.42 bits per heavy atom. The van der Waals surface area contributed by atoms with Gasteiger partial charge in [-0.2, -0.15) is 0 Å². The minimum atomic E-state index is 0.310. The molecule has 2 rings (SSSR count). The van der Waals surface area contributed by atoms with Crippen LogP contribution in [0.3, 0.4) is 0 Å². The van der Waals surface area contributed by atoms with Crippen molar-refractivity contribution in [2.24, 2.45) is 5.73 Å². The molecule has 0 radical (unpaired) electrons. The molecule has 1 atom stereocenters. The molecule has 0 bridgehead atoms. The zero-order valence-electron chi connectivity index (χ0n) is 7.47. The maximum atomic E-state index is 5.78. The molecule has 0 saturated carbocycles. The van der Waals surface area contributed by atoms with E-state index in [1.807, 2.05) is 11.3 Å². The molecule has 1 nitrogen and oxygen atoms in total. The smallest absolute Gasteiger partial charge is 0.00801 e. The minimum absolute atomic E-state index is 0.310. The van der Waals surface area contributed by atoms with Gasteiger partial charge in [0.25, 0.3) is 0 Å². The molecule has 0 aromatic carbocycles. The van der Waals surface area contributed by atoms with Gasteiger partial charge in [0.05, 0.1) is 0 Å². The summed E-state index contributed by atoms with van der Waals surface area (Å²) < 4.78 is 0. The van der Waals surface area contributed by atoms with Crippen molar-refractivity contribution in [2.75, 3.05) is 0 Å². The van der Waals surface area contributed by atoms with Crippen molar-refractivity contribution in [3.05, 3.63) is 21.4 Å². The van der Waals surface area contributed by atoms with Crippen molar-refractivity contribution in [3.8, 4) is 0 Å². The van der Waals surface area contributed by atoms with Crippen LogP contribution < -0.4 is 5.73 Å². The van der Waals surface area contributed by atoms with Gasteiger partial charge < -0.3 is 5.73 Å². The summed E-state index contributed by atoms with van der Waals surface area (Å²) in [6, 6.07) is 0.310. The zero-order valence-corrected chi connectivity index (χ0v) is 8.29. The maximum absolute atomic E-state index is 5.78. The van der Waals surface area contributed by atoms with E-state index in [0.29, 0.717) is 6.04 Å². The van der Waals surface area contributed by atoms with E-state index in [0.717, 1.165) is 6.42 Å². The van der Waals surface area contributed by atoms with E-state index in [2.05, 4.69) is 12.3 Å². The van der Waals surface area contributed by atoms with E-state index < -0.39 is 0 Å². The van der Waals surface area contributed by atoms with E-state index in [-0.39, 0.29) is 0 Å². The molecule has 12 heavy (non-hydrogen) atoms.